The van der Waals surface area contributed by atoms with E-state index in [2.05, 4.69) is 10.6 Å². The molecule has 0 atom stereocenters. The first-order chi connectivity index (χ1) is 10.7. The van der Waals surface area contributed by atoms with Crippen molar-refractivity contribution in [3.63, 3.8) is 0 Å². The molecule has 0 unspecified atom stereocenters. The number of nitriles is 1. The summed E-state index contributed by atoms with van der Waals surface area (Å²) in [6.07, 6.45) is 0. The van der Waals surface area contributed by atoms with Crippen LogP contribution in [0.3, 0.4) is 0 Å². The molecular formula is C16H14FN3O2. The zero-order chi connectivity index (χ0) is 15.8. The van der Waals surface area contributed by atoms with Crippen LogP contribution in [0.1, 0.15) is 5.56 Å². The highest BCUT2D eigenvalue weighted by Crippen LogP contribution is 2.17. The Morgan fingerprint density at radius 2 is 2.00 bits per heavy atom. The number of carbonyl (C=O) groups is 1. The van der Waals surface area contributed by atoms with E-state index < -0.39 is 0 Å². The van der Waals surface area contributed by atoms with Crippen molar-refractivity contribution in [2.24, 2.45) is 0 Å². The zero-order valence-electron chi connectivity index (χ0n) is 11.7. The van der Waals surface area contributed by atoms with Crippen molar-refractivity contribution in [2.45, 2.75) is 6.54 Å². The summed E-state index contributed by atoms with van der Waals surface area (Å²) in [7, 11) is 0. The SMILES string of the molecule is N#CCOc1cccc(NC(=O)NCc2ccc(F)cc2)c1. The second kappa shape index (κ2) is 7.64. The van der Waals surface area contributed by atoms with Gasteiger partial charge in [-0.3, -0.25) is 0 Å². The van der Waals surface area contributed by atoms with Crippen molar-refractivity contribution in [3.8, 4) is 11.8 Å². The second-order valence-electron chi connectivity index (χ2n) is 4.41. The molecule has 0 bridgehead atoms. The van der Waals surface area contributed by atoms with Crippen molar-refractivity contribution in [1.29, 1.82) is 5.26 Å². The summed E-state index contributed by atoms with van der Waals surface area (Å²) in [6, 6.07) is 14.1. The highest BCUT2D eigenvalue weighted by molar-refractivity contribution is 5.89. The van der Waals surface area contributed by atoms with Crippen LogP contribution in [0.25, 0.3) is 0 Å². The molecule has 0 radical (unpaired) electrons. The van der Waals surface area contributed by atoms with Gasteiger partial charge in [0.15, 0.2) is 6.61 Å². The van der Waals surface area contributed by atoms with Gasteiger partial charge in [-0.05, 0) is 29.8 Å². The number of urea groups is 1. The minimum absolute atomic E-state index is 0.0553. The molecule has 2 rings (SSSR count). The molecule has 0 saturated heterocycles. The molecule has 2 aromatic carbocycles. The highest BCUT2D eigenvalue weighted by Gasteiger charge is 2.03. The third kappa shape index (κ3) is 4.80. The van der Waals surface area contributed by atoms with E-state index in [1.807, 2.05) is 6.07 Å². The topological polar surface area (TPSA) is 74.1 Å². The Morgan fingerprint density at radius 3 is 2.73 bits per heavy atom. The standard InChI is InChI=1S/C16H14FN3O2/c17-13-6-4-12(5-7-13)11-19-16(21)20-14-2-1-3-15(10-14)22-9-8-18/h1-7,10H,9,11H2,(H2,19,20,21). The molecule has 6 heteroatoms. The summed E-state index contributed by atoms with van der Waals surface area (Å²) in [6.45, 7) is 0.233. The number of carbonyl (C=O) groups excluding carboxylic acids is 1. The normalized spacial score (nSPS) is 9.64. The van der Waals surface area contributed by atoms with Gasteiger partial charge in [-0.1, -0.05) is 18.2 Å². The lowest BCUT2D eigenvalue weighted by atomic mass is 10.2. The summed E-state index contributed by atoms with van der Waals surface area (Å²) in [5.74, 6) is 0.181. The largest absolute Gasteiger partial charge is 0.479 e. The molecule has 2 amide bonds. The molecule has 22 heavy (non-hydrogen) atoms. The zero-order valence-corrected chi connectivity index (χ0v) is 11.7. The van der Waals surface area contributed by atoms with Crippen LogP contribution < -0.4 is 15.4 Å². The Hall–Kier alpha value is -3.07. The number of nitrogens with one attached hydrogen (secondary N) is 2. The molecule has 2 aromatic rings. The molecule has 2 N–H and O–H groups in total. The maximum absolute atomic E-state index is 12.8. The lowest BCUT2D eigenvalue weighted by molar-refractivity contribution is 0.251. The number of halogens is 1. The van der Waals surface area contributed by atoms with Gasteiger partial charge < -0.3 is 15.4 Å². The van der Waals surface area contributed by atoms with Gasteiger partial charge in [-0.2, -0.15) is 5.26 Å². The molecule has 5 nitrogen and oxygen atoms in total. The number of anilines is 1. The number of nitrogens with zero attached hydrogens (tertiary/aromatic N) is 1. The van der Waals surface area contributed by atoms with Crippen molar-refractivity contribution in [1.82, 2.24) is 5.32 Å². The molecule has 0 aromatic heterocycles. The van der Waals surface area contributed by atoms with Crippen molar-refractivity contribution in [2.75, 3.05) is 11.9 Å². The van der Waals surface area contributed by atoms with Crippen LogP contribution in [0, 0.1) is 17.1 Å². The first kappa shape index (κ1) is 15.3. The average molecular weight is 299 g/mol. The van der Waals surface area contributed by atoms with Gasteiger partial charge in [-0.25, -0.2) is 9.18 Å². The Kier molecular flexibility index (Phi) is 5.32. The van der Waals surface area contributed by atoms with Gasteiger partial charge in [0.1, 0.15) is 17.6 Å². The molecule has 0 saturated carbocycles. The quantitative estimate of drug-likeness (QED) is 0.891. The summed E-state index contributed by atoms with van der Waals surface area (Å²) in [5.41, 5.74) is 1.34. The lowest BCUT2D eigenvalue weighted by Gasteiger charge is -2.09. The fourth-order valence-corrected chi connectivity index (χ4v) is 1.74. The van der Waals surface area contributed by atoms with Crippen LogP contribution in [0.5, 0.6) is 5.75 Å². The fraction of sp³-hybridized carbons (Fsp3) is 0.125. The van der Waals surface area contributed by atoms with E-state index in [0.29, 0.717) is 11.4 Å². The van der Waals surface area contributed by atoms with Crippen LogP contribution >= 0.6 is 0 Å². The smallest absolute Gasteiger partial charge is 0.319 e. The average Bonchev–Trinajstić information content (AvgIpc) is 2.53. The summed E-state index contributed by atoms with van der Waals surface area (Å²) < 4.78 is 17.9. The van der Waals surface area contributed by atoms with Crippen LogP contribution in [0.4, 0.5) is 14.9 Å². The summed E-state index contributed by atoms with van der Waals surface area (Å²) in [4.78, 5) is 11.8. The molecule has 0 fully saturated rings. The highest BCUT2D eigenvalue weighted by atomic mass is 19.1. The van der Waals surface area contributed by atoms with Gasteiger partial charge in [-0.15, -0.1) is 0 Å². The van der Waals surface area contributed by atoms with E-state index >= 15 is 0 Å². The Morgan fingerprint density at radius 1 is 1.23 bits per heavy atom. The van der Waals surface area contributed by atoms with Gasteiger partial charge in [0, 0.05) is 18.3 Å². The number of benzene rings is 2. The van der Waals surface area contributed by atoms with E-state index in [0.717, 1.165) is 5.56 Å². The van der Waals surface area contributed by atoms with Gasteiger partial charge in [0.25, 0.3) is 0 Å². The summed E-state index contributed by atoms with van der Waals surface area (Å²) >= 11 is 0. The van der Waals surface area contributed by atoms with Crippen LogP contribution in [-0.4, -0.2) is 12.6 Å². The monoisotopic (exact) mass is 299 g/mol. The number of hydrogen-bond acceptors (Lipinski definition) is 3. The fourth-order valence-electron chi connectivity index (χ4n) is 1.74. The van der Waals surface area contributed by atoms with E-state index in [-0.39, 0.29) is 25.0 Å². The predicted molar refractivity (Wildman–Crippen MR) is 79.8 cm³/mol. The van der Waals surface area contributed by atoms with Crippen LogP contribution in [0.2, 0.25) is 0 Å². The van der Waals surface area contributed by atoms with E-state index in [9.17, 15) is 9.18 Å². The number of hydrogen-bond donors (Lipinski definition) is 2. The van der Waals surface area contributed by atoms with Crippen molar-refractivity contribution in [3.05, 3.63) is 59.9 Å². The second-order valence-corrected chi connectivity index (χ2v) is 4.41. The number of amides is 2. The molecule has 112 valence electrons. The van der Waals surface area contributed by atoms with Crippen LogP contribution in [-0.2, 0) is 6.54 Å². The summed E-state index contributed by atoms with van der Waals surface area (Å²) in [5, 5.41) is 13.8. The third-order valence-electron chi connectivity index (χ3n) is 2.76. The van der Waals surface area contributed by atoms with Crippen LogP contribution in [0.15, 0.2) is 48.5 Å². The molecule has 0 heterocycles. The van der Waals surface area contributed by atoms with E-state index in [1.165, 1.54) is 12.1 Å². The molecule has 0 aliphatic carbocycles. The lowest BCUT2D eigenvalue weighted by Crippen LogP contribution is -2.28. The minimum Gasteiger partial charge on any atom is -0.479 e. The Balaban J connectivity index is 1.86. The molecule has 0 aliphatic heterocycles. The number of rotatable bonds is 5. The number of ether oxygens (including phenoxy) is 1. The minimum atomic E-state index is -0.387. The van der Waals surface area contributed by atoms with Gasteiger partial charge >= 0.3 is 6.03 Å². The van der Waals surface area contributed by atoms with Gasteiger partial charge in [0.05, 0.1) is 0 Å². The van der Waals surface area contributed by atoms with Crippen molar-refractivity contribution >= 4 is 11.7 Å². The maximum atomic E-state index is 12.8. The molecule has 0 spiro atoms. The predicted octanol–water partition coefficient (Wildman–Crippen LogP) is 3.05. The van der Waals surface area contributed by atoms with E-state index in [4.69, 9.17) is 10.00 Å². The first-order valence-corrected chi connectivity index (χ1v) is 6.56. The Labute approximate surface area is 127 Å². The van der Waals surface area contributed by atoms with Crippen molar-refractivity contribution < 1.29 is 13.9 Å². The third-order valence-corrected chi connectivity index (χ3v) is 2.76. The van der Waals surface area contributed by atoms with Gasteiger partial charge in [0.2, 0.25) is 0 Å². The first-order valence-electron chi connectivity index (χ1n) is 6.56. The maximum Gasteiger partial charge on any atom is 0.319 e. The van der Waals surface area contributed by atoms with E-state index in [1.54, 1.807) is 36.4 Å². The Bertz CT molecular complexity index is 681. The molecular weight excluding hydrogens is 285 g/mol. The molecule has 0 aliphatic rings.